The van der Waals surface area contributed by atoms with Crippen LogP contribution in [0.1, 0.15) is 25.8 Å². The zero-order valence-electron chi connectivity index (χ0n) is 9.71. The zero-order chi connectivity index (χ0) is 12.0. The molecule has 1 unspecified atom stereocenters. The van der Waals surface area contributed by atoms with Gasteiger partial charge in [-0.15, -0.1) is 11.6 Å². The maximum Gasteiger partial charge on any atom is 0.0410 e. The summed E-state index contributed by atoms with van der Waals surface area (Å²) < 4.78 is 1.02. The van der Waals surface area contributed by atoms with Gasteiger partial charge in [-0.3, -0.25) is 4.98 Å². The molecule has 0 saturated carbocycles. The molecule has 1 aromatic heterocycles. The van der Waals surface area contributed by atoms with Crippen LogP contribution >= 0.6 is 27.5 Å². The van der Waals surface area contributed by atoms with Gasteiger partial charge in [0.15, 0.2) is 0 Å². The van der Waals surface area contributed by atoms with Gasteiger partial charge >= 0.3 is 0 Å². The molecule has 0 radical (unpaired) electrons. The fraction of sp³-hybridized carbons (Fsp3) is 0.583. The van der Waals surface area contributed by atoms with Crippen LogP contribution in [0.4, 0.5) is 0 Å². The highest BCUT2D eigenvalue weighted by Crippen LogP contribution is 2.11. The third kappa shape index (κ3) is 4.81. The normalized spacial score (nSPS) is 13.1. The number of nitrogens with one attached hydrogen (secondary N) is 1. The van der Waals surface area contributed by atoms with E-state index in [2.05, 4.69) is 46.1 Å². The highest BCUT2D eigenvalue weighted by molar-refractivity contribution is 9.10. The van der Waals surface area contributed by atoms with Crippen LogP contribution in [0.3, 0.4) is 0 Å². The Morgan fingerprint density at radius 1 is 1.44 bits per heavy atom. The first kappa shape index (κ1) is 13.9. The smallest absolute Gasteiger partial charge is 0.0410 e. The van der Waals surface area contributed by atoms with Crippen molar-refractivity contribution >= 4 is 27.5 Å². The summed E-state index contributed by atoms with van der Waals surface area (Å²) >= 11 is 9.20. The fourth-order valence-electron chi connectivity index (χ4n) is 1.59. The first-order chi connectivity index (χ1) is 7.63. The van der Waals surface area contributed by atoms with Crippen LogP contribution in [0.2, 0.25) is 0 Å². The molecule has 4 heteroatoms. The molecule has 0 fully saturated rings. The Bertz CT molecular complexity index is 318. The predicted molar refractivity (Wildman–Crippen MR) is 72.7 cm³/mol. The number of rotatable bonds is 6. The molecule has 1 N–H and O–H groups in total. The van der Waals surface area contributed by atoms with Crippen molar-refractivity contribution in [2.24, 2.45) is 5.92 Å². The Morgan fingerprint density at radius 3 is 2.75 bits per heavy atom. The summed E-state index contributed by atoms with van der Waals surface area (Å²) in [7, 11) is 0. The van der Waals surface area contributed by atoms with E-state index in [1.807, 2.05) is 6.20 Å². The van der Waals surface area contributed by atoms with Crippen LogP contribution < -0.4 is 5.32 Å². The van der Waals surface area contributed by atoms with Gasteiger partial charge < -0.3 is 5.32 Å². The topological polar surface area (TPSA) is 24.9 Å². The molecule has 0 bridgehead atoms. The van der Waals surface area contributed by atoms with E-state index < -0.39 is 0 Å². The van der Waals surface area contributed by atoms with Crippen LogP contribution in [0.5, 0.6) is 0 Å². The lowest BCUT2D eigenvalue weighted by Crippen LogP contribution is -2.33. The van der Waals surface area contributed by atoms with Crippen molar-refractivity contribution in [2.45, 2.75) is 32.9 Å². The quantitative estimate of drug-likeness (QED) is 0.813. The summed E-state index contributed by atoms with van der Waals surface area (Å²) in [6.45, 7) is 5.26. The number of alkyl halides is 1. The van der Waals surface area contributed by atoms with Crippen LogP contribution in [-0.2, 0) is 6.54 Å². The Hall–Kier alpha value is -0.120. The first-order valence-corrected chi connectivity index (χ1v) is 6.85. The Kier molecular flexibility index (Phi) is 6.32. The van der Waals surface area contributed by atoms with Gasteiger partial charge in [0, 0.05) is 35.3 Å². The Labute approximate surface area is 111 Å². The van der Waals surface area contributed by atoms with Crippen LogP contribution in [0.25, 0.3) is 0 Å². The highest BCUT2D eigenvalue weighted by atomic mass is 79.9. The summed E-state index contributed by atoms with van der Waals surface area (Å²) in [5, 5.41) is 3.52. The molecule has 1 aromatic rings. The van der Waals surface area contributed by atoms with Gasteiger partial charge in [-0.1, -0.05) is 13.8 Å². The van der Waals surface area contributed by atoms with Crippen molar-refractivity contribution in [3.05, 3.63) is 28.5 Å². The molecule has 90 valence electrons. The van der Waals surface area contributed by atoms with Gasteiger partial charge in [0.1, 0.15) is 0 Å². The van der Waals surface area contributed by atoms with Crippen molar-refractivity contribution in [1.82, 2.24) is 10.3 Å². The average Bonchev–Trinajstić information content (AvgIpc) is 2.24. The van der Waals surface area contributed by atoms with E-state index in [-0.39, 0.29) is 0 Å². The molecule has 0 aliphatic rings. The van der Waals surface area contributed by atoms with Gasteiger partial charge in [0.05, 0.1) is 0 Å². The number of hydrogen-bond donors (Lipinski definition) is 1. The number of aromatic nitrogens is 1. The predicted octanol–water partition coefficient (Wildman–Crippen LogP) is 3.59. The lowest BCUT2D eigenvalue weighted by molar-refractivity contribution is 0.389. The van der Waals surface area contributed by atoms with Crippen molar-refractivity contribution in [3.63, 3.8) is 0 Å². The van der Waals surface area contributed by atoms with Gasteiger partial charge in [-0.05, 0) is 39.9 Å². The second-order valence-corrected chi connectivity index (χ2v) is 5.51. The SMILES string of the molecule is CC(C)C(CCCl)NCc1cncc(Br)c1. The molecule has 0 amide bonds. The molecule has 1 heterocycles. The average molecular weight is 306 g/mol. The molecule has 2 nitrogen and oxygen atoms in total. The summed E-state index contributed by atoms with van der Waals surface area (Å²) in [5.41, 5.74) is 1.19. The molecule has 0 spiro atoms. The highest BCUT2D eigenvalue weighted by Gasteiger charge is 2.11. The summed E-state index contributed by atoms with van der Waals surface area (Å²) in [4.78, 5) is 4.14. The Balaban J connectivity index is 2.48. The third-order valence-electron chi connectivity index (χ3n) is 2.55. The minimum absolute atomic E-state index is 0.469. The third-order valence-corrected chi connectivity index (χ3v) is 3.21. The van der Waals surface area contributed by atoms with Crippen molar-refractivity contribution < 1.29 is 0 Å². The number of pyridine rings is 1. The van der Waals surface area contributed by atoms with Gasteiger partial charge in [-0.25, -0.2) is 0 Å². The molecular formula is C12H18BrClN2. The van der Waals surface area contributed by atoms with Gasteiger partial charge in [0.2, 0.25) is 0 Å². The maximum atomic E-state index is 5.79. The number of halogens is 2. The van der Waals surface area contributed by atoms with Crippen LogP contribution in [0.15, 0.2) is 22.9 Å². The molecule has 0 aromatic carbocycles. The number of nitrogens with zero attached hydrogens (tertiary/aromatic N) is 1. The van der Waals surface area contributed by atoms with E-state index in [1.54, 1.807) is 6.20 Å². The molecule has 0 aliphatic heterocycles. The van der Waals surface area contributed by atoms with Crippen molar-refractivity contribution in [3.8, 4) is 0 Å². The second kappa shape index (κ2) is 7.25. The van der Waals surface area contributed by atoms with Crippen LogP contribution in [-0.4, -0.2) is 16.9 Å². The van der Waals surface area contributed by atoms with Crippen molar-refractivity contribution in [2.75, 3.05) is 5.88 Å². The van der Waals surface area contributed by atoms with E-state index in [1.165, 1.54) is 5.56 Å². The van der Waals surface area contributed by atoms with Gasteiger partial charge in [-0.2, -0.15) is 0 Å². The molecular weight excluding hydrogens is 288 g/mol. The van der Waals surface area contributed by atoms with E-state index >= 15 is 0 Å². The standard InChI is InChI=1S/C12H18BrClN2/c1-9(2)12(3-4-14)16-7-10-5-11(13)8-15-6-10/h5-6,8-9,12,16H,3-4,7H2,1-2H3. The minimum atomic E-state index is 0.469. The molecule has 16 heavy (non-hydrogen) atoms. The first-order valence-electron chi connectivity index (χ1n) is 5.52. The lowest BCUT2D eigenvalue weighted by Gasteiger charge is -2.21. The monoisotopic (exact) mass is 304 g/mol. The van der Waals surface area contributed by atoms with E-state index in [0.717, 1.165) is 17.4 Å². The van der Waals surface area contributed by atoms with Gasteiger partial charge in [0.25, 0.3) is 0 Å². The van der Waals surface area contributed by atoms with E-state index in [4.69, 9.17) is 11.6 Å². The minimum Gasteiger partial charge on any atom is -0.310 e. The van der Waals surface area contributed by atoms with E-state index in [0.29, 0.717) is 17.8 Å². The molecule has 1 rings (SSSR count). The molecule has 1 atom stereocenters. The molecule has 0 aliphatic carbocycles. The van der Waals surface area contributed by atoms with Crippen LogP contribution in [0, 0.1) is 5.92 Å². The lowest BCUT2D eigenvalue weighted by atomic mass is 10.0. The van der Waals surface area contributed by atoms with Crippen molar-refractivity contribution in [1.29, 1.82) is 0 Å². The maximum absolute atomic E-state index is 5.79. The zero-order valence-corrected chi connectivity index (χ0v) is 12.1. The summed E-state index contributed by atoms with van der Waals surface area (Å²) in [5.74, 6) is 1.30. The largest absolute Gasteiger partial charge is 0.310 e. The second-order valence-electron chi connectivity index (χ2n) is 4.22. The Morgan fingerprint density at radius 2 is 2.19 bits per heavy atom. The van der Waals surface area contributed by atoms with E-state index in [9.17, 15) is 0 Å². The number of hydrogen-bond acceptors (Lipinski definition) is 2. The summed E-state index contributed by atoms with van der Waals surface area (Å²) in [6, 6.07) is 2.55. The summed E-state index contributed by atoms with van der Waals surface area (Å²) in [6.07, 6.45) is 4.68. The molecule has 0 saturated heterocycles. The fourth-order valence-corrected chi connectivity index (χ4v) is 2.24.